The zero-order valence-corrected chi connectivity index (χ0v) is 9.40. The Labute approximate surface area is 74.1 Å². The zero-order valence-electron chi connectivity index (χ0n) is 3.47. The third-order valence-electron chi connectivity index (χ3n) is 0.273. The maximum absolute atomic E-state index is 5.35. The van der Waals surface area contributed by atoms with E-state index in [4.69, 9.17) is 55.4 Å². The van der Waals surface area contributed by atoms with E-state index in [1.807, 2.05) is 0 Å². The largest absolute Gasteiger partial charge is 0.347 e. The van der Waals surface area contributed by atoms with Crippen LogP contribution in [0.4, 0.5) is 0 Å². The molecule has 0 atom stereocenters. The highest BCUT2D eigenvalue weighted by molar-refractivity contribution is 7.69. The Morgan fingerprint density at radius 2 is 1.50 bits per heavy atom. The van der Waals surface area contributed by atoms with Crippen LogP contribution in [-0.4, -0.2) is 13.4 Å². The van der Waals surface area contributed by atoms with Gasteiger partial charge < -0.3 is 0 Å². The van der Waals surface area contributed by atoms with Gasteiger partial charge in [-0.15, -0.1) is 55.4 Å². The number of hydrogen-bond donors (Lipinski definition) is 0. The van der Waals surface area contributed by atoms with Gasteiger partial charge >= 0.3 is 6.00 Å². The zero-order chi connectivity index (χ0) is 6.78. The molecule has 0 aromatic heterocycles. The summed E-state index contributed by atoms with van der Waals surface area (Å²) in [6.07, 6.45) is 0. The van der Waals surface area contributed by atoms with Gasteiger partial charge in [0, 0.05) is 5.67 Å². The Kier molecular flexibility index (Phi) is 4.83. The van der Waals surface area contributed by atoms with Crippen LogP contribution >= 0.6 is 55.4 Å². The molecule has 0 spiro atoms. The summed E-state index contributed by atoms with van der Waals surface area (Å²) in [5.74, 6) is 0. The van der Waals surface area contributed by atoms with Crippen molar-refractivity contribution < 1.29 is 0 Å². The van der Waals surface area contributed by atoms with E-state index in [1.165, 1.54) is 0 Å². The van der Waals surface area contributed by atoms with Crippen LogP contribution in [0.3, 0.4) is 0 Å². The van der Waals surface area contributed by atoms with Crippen LogP contribution in [0.1, 0.15) is 0 Å². The van der Waals surface area contributed by atoms with Gasteiger partial charge in [0.15, 0.2) is 0 Å². The Bertz CT molecular complexity index is 65.3. The molecule has 0 heterocycles. The summed E-state index contributed by atoms with van der Waals surface area (Å²) < 4.78 is 0. The molecule has 0 aliphatic carbocycles. The predicted octanol–water partition coefficient (Wildman–Crippen LogP) is 2.50. The molecule has 8 heavy (non-hydrogen) atoms. The minimum atomic E-state index is -2.76. The molecule has 0 amide bonds. The second-order valence-electron chi connectivity index (χ2n) is 0.943. The Morgan fingerprint density at radius 1 is 1.12 bits per heavy atom. The number of halogens is 5. The molecule has 7 heteroatoms. The van der Waals surface area contributed by atoms with Crippen LogP contribution in [-0.2, 0) is 0 Å². The Hall–Kier alpha value is 1.88. The van der Waals surface area contributed by atoms with E-state index < -0.39 is 13.4 Å². The lowest BCUT2D eigenvalue weighted by Gasteiger charge is -2.03. The van der Waals surface area contributed by atoms with Gasteiger partial charge in [0.2, 0.25) is 7.42 Å². The molecule has 0 aliphatic heterocycles. The van der Waals surface area contributed by atoms with Gasteiger partial charge in [-0.25, -0.2) is 0 Å². The average Bonchev–Trinajstić information content (AvgIpc) is 1.21. The molecule has 0 fully saturated rings. The van der Waals surface area contributed by atoms with Crippen LogP contribution in [0.25, 0.3) is 0 Å². The fourth-order valence-corrected chi connectivity index (χ4v) is 10.0. The van der Waals surface area contributed by atoms with Gasteiger partial charge in [-0.05, 0) is 0 Å². The Morgan fingerprint density at radius 3 is 1.50 bits per heavy atom. The molecule has 2 radical (unpaired) electrons. The molecule has 0 saturated carbocycles. The third-order valence-corrected chi connectivity index (χ3v) is 7.36. The Balaban J connectivity index is 3.39. The number of hydrogen-bond acceptors (Lipinski definition) is 0. The monoisotopic (exact) mass is 244 g/mol. The molecule has 0 N–H and O–H groups in total. The molecule has 0 aromatic rings. The van der Waals surface area contributed by atoms with Crippen molar-refractivity contribution in [1.82, 2.24) is 0 Å². The maximum Gasteiger partial charge on any atom is 0.347 e. The van der Waals surface area contributed by atoms with Crippen molar-refractivity contribution in [3.63, 3.8) is 0 Å². The molecular weight excluding hydrogens is 245 g/mol. The van der Waals surface area contributed by atoms with E-state index in [-0.39, 0.29) is 0 Å². The first-order valence-corrected chi connectivity index (χ1v) is 10.6. The molecular formula is CHCl5Si2. The van der Waals surface area contributed by atoms with Gasteiger partial charge in [-0.3, -0.25) is 0 Å². The molecule has 48 valence electrons. The lowest BCUT2D eigenvalue weighted by atomic mass is 11.9. The fourth-order valence-electron chi connectivity index (χ4n) is 0.124. The third kappa shape index (κ3) is 7.88. The van der Waals surface area contributed by atoms with Gasteiger partial charge in [-0.1, -0.05) is 0 Å². The van der Waals surface area contributed by atoms with Crippen molar-refractivity contribution in [2.45, 2.75) is 0 Å². The maximum atomic E-state index is 5.35. The first-order chi connectivity index (χ1) is 3.42. The van der Waals surface area contributed by atoms with Crippen LogP contribution < -0.4 is 0 Å². The quantitative estimate of drug-likeness (QED) is 0.519. The minimum absolute atomic E-state index is 1.94. The van der Waals surface area contributed by atoms with E-state index in [0.29, 0.717) is 0 Å². The van der Waals surface area contributed by atoms with Gasteiger partial charge in [0.25, 0.3) is 0 Å². The van der Waals surface area contributed by atoms with E-state index in [0.717, 1.165) is 0 Å². The summed E-state index contributed by atoms with van der Waals surface area (Å²) in [6, 6.07) is -2.76. The fraction of sp³-hybridized carbons (Fsp3) is 0. The first kappa shape index (κ1) is 9.88. The first-order valence-electron chi connectivity index (χ1n) is 1.54. The van der Waals surface area contributed by atoms with Crippen molar-refractivity contribution in [2.75, 3.05) is 0 Å². The van der Waals surface area contributed by atoms with Gasteiger partial charge in [-0.2, -0.15) is 0 Å². The molecule has 0 aromatic carbocycles. The van der Waals surface area contributed by atoms with Gasteiger partial charge in [0.1, 0.15) is 0 Å². The van der Waals surface area contributed by atoms with Crippen LogP contribution in [0, 0.1) is 5.67 Å². The van der Waals surface area contributed by atoms with E-state index in [2.05, 4.69) is 5.67 Å². The summed E-state index contributed by atoms with van der Waals surface area (Å²) >= 11 is 26.7. The van der Waals surface area contributed by atoms with Crippen LogP contribution in [0.5, 0.6) is 0 Å². The standard InChI is InChI=1S/CHCl5Si2/c2-7(3)1-8(4,5)6/h7H. The lowest BCUT2D eigenvalue weighted by Crippen LogP contribution is -2.17. The van der Waals surface area contributed by atoms with Crippen molar-refractivity contribution in [3.05, 3.63) is 5.67 Å². The highest BCUT2D eigenvalue weighted by Crippen LogP contribution is 2.25. The van der Waals surface area contributed by atoms with Crippen molar-refractivity contribution in [1.29, 1.82) is 0 Å². The second-order valence-corrected chi connectivity index (χ2v) is 13.8. The van der Waals surface area contributed by atoms with E-state index in [9.17, 15) is 0 Å². The molecule has 0 unspecified atom stereocenters. The smallest absolute Gasteiger partial charge is 0.150 e. The summed E-state index contributed by atoms with van der Waals surface area (Å²) in [6.45, 7) is 0. The summed E-state index contributed by atoms with van der Waals surface area (Å²) in [5, 5.41) is 0. The van der Waals surface area contributed by atoms with Crippen molar-refractivity contribution in [3.8, 4) is 0 Å². The molecule has 0 aliphatic rings. The number of rotatable bonds is 2. The SMILES string of the molecule is Cl[SiH](Cl)[C][Si](Cl)(Cl)Cl. The van der Waals surface area contributed by atoms with Crippen LogP contribution in [0.15, 0.2) is 0 Å². The van der Waals surface area contributed by atoms with E-state index >= 15 is 0 Å². The molecule has 0 bridgehead atoms. The van der Waals surface area contributed by atoms with E-state index in [1.54, 1.807) is 0 Å². The lowest BCUT2D eigenvalue weighted by molar-refractivity contribution is 2.46. The van der Waals surface area contributed by atoms with Gasteiger partial charge in [0.05, 0.1) is 0 Å². The molecule has 0 saturated heterocycles. The topological polar surface area (TPSA) is 0 Å². The summed E-state index contributed by atoms with van der Waals surface area (Å²) in [4.78, 5) is 0. The predicted molar refractivity (Wildman–Crippen MR) is 45.4 cm³/mol. The summed E-state index contributed by atoms with van der Waals surface area (Å²) in [5.41, 5.74) is 2.49. The van der Waals surface area contributed by atoms with Crippen molar-refractivity contribution >= 4 is 68.8 Å². The molecule has 0 rings (SSSR count). The normalized spacial score (nSPS) is 12.8. The minimum Gasteiger partial charge on any atom is -0.150 e. The second kappa shape index (κ2) is 3.91. The summed E-state index contributed by atoms with van der Waals surface area (Å²) in [7, 11) is -1.94. The van der Waals surface area contributed by atoms with Crippen LogP contribution in [0.2, 0.25) is 0 Å². The van der Waals surface area contributed by atoms with Crippen molar-refractivity contribution in [2.24, 2.45) is 0 Å². The highest BCUT2D eigenvalue weighted by atomic mass is 35.8. The average molecular weight is 246 g/mol. The molecule has 0 nitrogen and oxygen atoms in total. The highest BCUT2D eigenvalue weighted by Gasteiger charge is 2.29.